The third kappa shape index (κ3) is 4.05. The quantitative estimate of drug-likeness (QED) is 0.516. The van der Waals surface area contributed by atoms with Crippen molar-refractivity contribution in [3.05, 3.63) is 84.4 Å². The van der Waals surface area contributed by atoms with Crippen LogP contribution in [0.5, 0.6) is 0 Å². The smallest absolute Gasteiger partial charge is 0.312 e. The molecule has 1 aliphatic rings. The highest BCUT2D eigenvalue weighted by atomic mass is 16.5. The maximum Gasteiger partial charge on any atom is 0.312 e. The van der Waals surface area contributed by atoms with Gasteiger partial charge in [-0.25, -0.2) is 0 Å². The van der Waals surface area contributed by atoms with Crippen molar-refractivity contribution < 1.29 is 9.53 Å². The molecule has 0 unspecified atom stereocenters. The van der Waals surface area contributed by atoms with Crippen LogP contribution in [0.2, 0.25) is 0 Å². The van der Waals surface area contributed by atoms with Crippen LogP contribution in [0.1, 0.15) is 30.4 Å². The summed E-state index contributed by atoms with van der Waals surface area (Å²) >= 11 is 0. The van der Waals surface area contributed by atoms with Gasteiger partial charge in [-0.1, -0.05) is 66.7 Å². The fourth-order valence-electron chi connectivity index (χ4n) is 3.96. The average molecular weight is 349 g/mol. The Balaban J connectivity index is 1.75. The third-order valence-corrected chi connectivity index (χ3v) is 5.38. The van der Waals surface area contributed by atoms with Crippen molar-refractivity contribution in [3.63, 3.8) is 0 Å². The van der Waals surface area contributed by atoms with Crippen LogP contribution >= 0.6 is 0 Å². The van der Waals surface area contributed by atoms with Gasteiger partial charge in [0, 0.05) is 19.1 Å². The maximum absolute atomic E-state index is 12.3. The van der Waals surface area contributed by atoms with E-state index in [1.54, 1.807) is 0 Å². The van der Waals surface area contributed by atoms with E-state index >= 15 is 0 Å². The van der Waals surface area contributed by atoms with Crippen LogP contribution in [-0.2, 0) is 22.6 Å². The number of allylic oxidation sites excluding steroid dienone is 1. The van der Waals surface area contributed by atoms with Crippen LogP contribution in [0.15, 0.2) is 73.3 Å². The van der Waals surface area contributed by atoms with E-state index in [2.05, 4.69) is 60.0 Å². The van der Waals surface area contributed by atoms with E-state index in [4.69, 9.17) is 4.74 Å². The minimum atomic E-state index is -0.396. The molecule has 0 spiro atoms. The molecule has 0 saturated heterocycles. The van der Waals surface area contributed by atoms with Gasteiger partial charge in [-0.2, -0.15) is 0 Å². The Hall–Kier alpha value is -2.39. The molecule has 0 N–H and O–H groups in total. The number of ether oxygens (including phenoxy) is 1. The number of rotatable bonds is 8. The Morgan fingerprint density at radius 2 is 1.58 bits per heavy atom. The minimum absolute atomic E-state index is 0.104. The second-order valence-corrected chi connectivity index (χ2v) is 7.20. The zero-order chi connectivity index (χ0) is 18.4. The van der Waals surface area contributed by atoms with Crippen LogP contribution in [-0.4, -0.2) is 24.0 Å². The second-order valence-electron chi connectivity index (χ2n) is 7.20. The molecule has 0 atom stereocenters. The van der Waals surface area contributed by atoms with E-state index < -0.39 is 5.41 Å². The lowest BCUT2D eigenvalue weighted by Crippen LogP contribution is -2.54. The van der Waals surface area contributed by atoms with Gasteiger partial charge in [0.15, 0.2) is 0 Å². The first-order valence-electron chi connectivity index (χ1n) is 9.18. The molecule has 2 aromatic carbocycles. The topological polar surface area (TPSA) is 29.5 Å². The van der Waals surface area contributed by atoms with E-state index in [0.29, 0.717) is 12.5 Å². The molecule has 1 fully saturated rings. The van der Waals surface area contributed by atoms with Crippen molar-refractivity contribution in [1.82, 2.24) is 4.90 Å². The summed E-state index contributed by atoms with van der Waals surface area (Å²) in [6.45, 7) is 5.59. The van der Waals surface area contributed by atoms with E-state index in [0.717, 1.165) is 25.9 Å². The van der Waals surface area contributed by atoms with E-state index in [-0.39, 0.29) is 5.97 Å². The van der Waals surface area contributed by atoms with E-state index in [1.807, 2.05) is 18.2 Å². The van der Waals surface area contributed by atoms with Gasteiger partial charge in [-0.15, -0.1) is 6.58 Å². The van der Waals surface area contributed by atoms with Crippen molar-refractivity contribution in [3.8, 4) is 0 Å². The van der Waals surface area contributed by atoms with Gasteiger partial charge in [-0.3, -0.25) is 9.69 Å². The molecule has 3 rings (SSSR count). The van der Waals surface area contributed by atoms with Crippen molar-refractivity contribution in [2.45, 2.75) is 38.4 Å². The molecular formula is C23H27NO2. The first-order valence-corrected chi connectivity index (χ1v) is 9.18. The standard InChI is InChI=1S/C23H27NO2/c1-3-14-23(22(25)26-2)15-21(16-23)24(17-19-10-6-4-7-11-19)18-20-12-8-5-9-13-20/h3-13,21H,1,14-18H2,2H3/t21-,23-. The maximum atomic E-state index is 12.3. The molecule has 0 heterocycles. The van der Waals surface area contributed by atoms with Gasteiger partial charge in [0.05, 0.1) is 12.5 Å². The molecule has 3 heteroatoms. The van der Waals surface area contributed by atoms with Gasteiger partial charge in [0.2, 0.25) is 0 Å². The summed E-state index contributed by atoms with van der Waals surface area (Å²) in [7, 11) is 1.48. The SMILES string of the molecule is C=CC[C@]1(C(=O)OC)C[C@H](N(Cc2ccccc2)Cc2ccccc2)C1. The third-order valence-electron chi connectivity index (χ3n) is 5.38. The van der Waals surface area contributed by atoms with E-state index in [1.165, 1.54) is 18.2 Å². The van der Waals surface area contributed by atoms with Gasteiger partial charge >= 0.3 is 5.97 Å². The van der Waals surface area contributed by atoms with Crippen molar-refractivity contribution >= 4 is 5.97 Å². The fraction of sp³-hybridized carbons (Fsp3) is 0.348. The molecule has 136 valence electrons. The summed E-state index contributed by atoms with van der Waals surface area (Å²) in [6, 6.07) is 21.4. The lowest BCUT2D eigenvalue weighted by Gasteiger charge is -2.49. The molecule has 0 radical (unpaired) electrons. The first kappa shape index (κ1) is 18.4. The van der Waals surface area contributed by atoms with Crippen LogP contribution in [0.25, 0.3) is 0 Å². The Morgan fingerprint density at radius 1 is 1.08 bits per heavy atom. The number of benzene rings is 2. The minimum Gasteiger partial charge on any atom is -0.469 e. The Morgan fingerprint density at radius 3 is 2.00 bits per heavy atom. The molecule has 0 aliphatic heterocycles. The van der Waals surface area contributed by atoms with Crippen LogP contribution in [0.4, 0.5) is 0 Å². The summed E-state index contributed by atoms with van der Waals surface area (Å²) in [4.78, 5) is 14.8. The molecule has 0 aromatic heterocycles. The van der Waals surface area contributed by atoms with Crippen LogP contribution in [0, 0.1) is 5.41 Å². The lowest BCUT2D eigenvalue weighted by atomic mass is 9.63. The van der Waals surface area contributed by atoms with Gasteiger partial charge in [-0.05, 0) is 30.4 Å². The number of nitrogens with zero attached hydrogens (tertiary/aromatic N) is 1. The highest BCUT2D eigenvalue weighted by Gasteiger charge is 2.51. The molecule has 0 amide bonds. The monoisotopic (exact) mass is 349 g/mol. The number of methoxy groups -OCH3 is 1. The van der Waals surface area contributed by atoms with Crippen molar-refractivity contribution in [2.75, 3.05) is 7.11 Å². The van der Waals surface area contributed by atoms with Crippen LogP contribution in [0.3, 0.4) is 0 Å². The predicted octanol–water partition coefficient (Wildman–Crippen LogP) is 4.59. The zero-order valence-electron chi connectivity index (χ0n) is 15.4. The number of hydrogen-bond acceptors (Lipinski definition) is 3. The number of hydrogen-bond donors (Lipinski definition) is 0. The molecule has 2 aromatic rings. The molecule has 1 saturated carbocycles. The summed E-state index contributed by atoms with van der Waals surface area (Å²) in [5, 5.41) is 0. The normalized spacial score (nSPS) is 21.8. The van der Waals surface area contributed by atoms with Crippen molar-refractivity contribution in [2.24, 2.45) is 5.41 Å². The predicted molar refractivity (Wildman–Crippen MR) is 104 cm³/mol. The molecule has 26 heavy (non-hydrogen) atoms. The Bertz CT molecular complexity index is 679. The fourth-order valence-corrected chi connectivity index (χ4v) is 3.96. The largest absolute Gasteiger partial charge is 0.469 e. The Labute approximate surface area is 156 Å². The molecular weight excluding hydrogens is 322 g/mol. The Kier molecular flexibility index (Phi) is 5.89. The van der Waals surface area contributed by atoms with Gasteiger partial charge in [0.1, 0.15) is 0 Å². The zero-order valence-corrected chi connectivity index (χ0v) is 15.4. The number of carbonyl (C=O) groups is 1. The van der Waals surface area contributed by atoms with Crippen molar-refractivity contribution in [1.29, 1.82) is 0 Å². The second kappa shape index (κ2) is 8.33. The van der Waals surface area contributed by atoms with E-state index in [9.17, 15) is 4.79 Å². The highest BCUT2D eigenvalue weighted by Crippen LogP contribution is 2.48. The van der Waals surface area contributed by atoms with Crippen LogP contribution < -0.4 is 0 Å². The lowest BCUT2D eigenvalue weighted by molar-refractivity contribution is -0.163. The van der Waals surface area contributed by atoms with Gasteiger partial charge in [0.25, 0.3) is 0 Å². The molecule has 3 nitrogen and oxygen atoms in total. The highest BCUT2D eigenvalue weighted by molar-refractivity contribution is 5.78. The average Bonchev–Trinajstić information content (AvgIpc) is 2.65. The first-order chi connectivity index (χ1) is 12.7. The number of carbonyl (C=O) groups excluding carboxylic acids is 1. The summed E-state index contributed by atoms with van der Waals surface area (Å²) < 4.78 is 5.07. The summed E-state index contributed by atoms with van der Waals surface area (Å²) in [5.74, 6) is -0.104. The van der Waals surface area contributed by atoms with Gasteiger partial charge < -0.3 is 4.74 Å². The summed E-state index contributed by atoms with van der Waals surface area (Å²) in [6.07, 6.45) is 4.17. The summed E-state index contributed by atoms with van der Waals surface area (Å²) in [5.41, 5.74) is 2.19. The molecule has 0 bridgehead atoms. The molecule has 1 aliphatic carbocycles. The number of esters is 1.